The molecular formula is C12H8ClNO2. The topological polar surface area (TPSA) is 37.4 Å². The van der Waals surface area contributed by atoms with Crippen molar-refractivity contribution < 1.29 is 9.59 Å². The van der Waals surface area contributed by atoms with Gasteiger partial charge in [-0.2, -0.15) is 0 Å². The first-order chi connectivity index (χ1) is 7.65. The Morgan fingerprint density at radius 1 is 1.38 bits per heavy atom. The molecule has 1 aliphatic heterocycles. The van der Waals surface area contributed by atoms with Gasteiger partial charge in [0.2, 0.25) is 0 Å². The summed E-state index contributed by atoms with van der Waals surface area (Å²) in [6.07, 6.45) is 5.55. The molecule has 1 aromatic rings. The molecule has 1 aliphatic rings. The summed E-state index contributed by atoms with van der Waals surface area (Å²) in [5, 5.41) is 0.443. The third-order valence-electron chi connectivity index (χ3n) is 2.41. The smallest absolute Gasteiger partial charge is 0.299 e. The normalized spacial score (nSPS) is 13.9. The summed E-state index contributed by atoms with van der Waals surface area (Å²) in [6.45, 7) is 0.357. The number of amides is 1. The molecule has 0 aliphatic carbocycles. The molecule has 0 saturated heterocycles. The third kappa shape index (κ3) is 1.58. The fourth-order valence-electron chi connectivity index (χ4n) is 1.67. The molecule has 80 valence electrons. The van der Waals surface area contributed by atoms with Crippen molar-refractivity contribution in [3.63, 3.8) is 0 Å². The number of hydrogen-bond donors (Lipinski definition) is 0. The van der Waals surface area contributed by atoms with E-state index < -0.39 is 11.7 Å². The highest BCUT2D eigenvalue weighted by Crippen LogP contribution is 2.31. The minimum atomic E-state index is -0.535. The Morgan fingerprint density at radius 2 is 2.12 bits per heavy atom. The van der Waals surface area contributed by atoms with Crippen LogP contribution in [0.5, 0.6) is 0 Å². The van der Waals surface area contributed by atoms with Crippen molar-refractivity contribution in [1.82, 2.24) is 0 Å². The Kier molecular flexibility index (Phi) is 2.67. The Hall–Kier alpha value is -1.79. The van der Waals surface area contributed by atoms with Crippen molar-refractivity contribution in [3.8, 4) is 12.3 Å². The Bertz CT molecular complexity index is 516. The van der Waals surface area contributed by atoms with E-state index in [0.717, 1.165) is 0 Å². The number of benzene rings is 1. The first-order valence-electron chi connectivity index (χ1n) is 4.74. The van der Waals surface area contributed by atoms with Gasteiger partial charge in [0.15, 0.2) is 0 Å². The maximum atomic E-state index is 11.6. The molecule has 0 saturated carbocycles. The average molecular weight is 234 g/mol. The fourth-order valence-corrected chi connectivity index (χ4v) is 1.84. The molecule has 1 aromatic carbocycles. The lowest BCUT2D eigenvalue weighted by Crippen LogP contribution is -2.30. The number of halogens is 1. The van der Waals surface area contributed by atoms with Crippen molar-refractivity contribution in [1.29, 1.82) is 0 Å². The van der Waals surface area contributed by atoms with Gasteiger partial charge in [-0.3, -0.25) is 9.59 Å². The van der Waals surface area contributed by atoms with Gasteiger partial charge in [-0.1, -0.05) is 11.6 Å². The number of ketones is 1. The van der Waals surface area contributed by atoms with Crippen molar-refractivity contribution in [2.45, 2.75) is 6.42 Å². The van der Waals surface area contributed by atoms with Crippen LogP contribution in [-0.4, -0.2) is 18.2 Å². The van der Waals surface area contributed by atoms with Gasteiger partial charge in [0.05, 0.1) is 11.3 Å². The molecule has 0 fully saturated rings. The lowest BCUT2D eigenvalue weighted by molar-refractivity contribution is -0.114. The highest BCUT2D eigenvalue weighted by atomic mass is 35.5. The van der Waals surface area contributed by atoms with Gasteiger partial charge in [-0.05, 0) is 18.2 Å². The van der Waals surface area contributed by atoms with Gasteiger partial charge in [0, 0.05) is 18.0 Å². The highest BCUT2D eigenvalue weighted by Gasteiger charge is 2.35. The van der Waals surface area contributed by atoms with Crippen molar-refractivity contribution >= 4 is 29.0 Å². The molecule has 4 heteroatoms. The van der Waals surface area contributed by atoms with Gasteiger partial charge in [-0.15, -0.1) is 12.3 Å². The van der Waals surface area contributed by atoms with E-state index in [1.165, 1.54) is 11.0 Å². The summed E-state index contributed by atoms with van der Waals surface area (Å²) in [7, 11) is 0. The van der Waals surface area contributed by atoms with Gasteiger partial charge >= 0.3 is 0 Å². The number of hydrogen-bond acceptors (Lipinski definition) is 2. The summed E-state index contributed by atoms with van der Waals surface area (Å²) in [6, 6.07) is 4.82. The van der Waals surface area contributed by atoms with Crippen molar-refractivity contribution in [2.75, 3.05) is 11.4 Å². The van der Waals surface area contributed by atoms with Crippen LogP contribution in [0.4, 0.5) is 5.69 Å². The maximum Gasteiger partial charge on any atom is 0.299 e. The fraction of sp³-hybridized carbons (Fsp3) is 0.167. The van der Waals surface area contributed by atoms with E-state index in [2.05, 4.69) is 5.92 Å². The lowest BCUT2D eigenvalue weighted by atomic mass is 10.1. The quantitative estimate of drug-likeness (QED) is 0.578. The molecule has 0 N–H and O–H groups in total. The Balaban J connectivity index is 2.43. The van der Waals surface area contributed by atoms with Crippen molar-refractivity contribution in [3.05, 3.63) is 28.8 Å². The first-order valence-corrected chi connectivity index (χ1v) is 5.12. The zero-order valence-electron chi connectivity index (χ0n) is 8.37. The van der Waals surface area contributed by atoms with Crippen LogP contribution in [0.15, 0.2) is 18.2 Å². The number of carbonyl (C=O) groups is 2. The standard InChI is InChI=1S/C12H8ClNO2/c1-2-3-6-14-10-5-4-8(13)7-9(10)11(15)12(14)16/h1,4-5,7H,3,6H2. The van der Waals surface area contributed by atoms with Crippen LogP contribution in [0.25, 0.3) is 0 Å². The van der Waals surface area contributed by atoms with Crippen LogP contribution in [0.1, 0.15) is 16.8 Å². The summed E-state index contributed by atoms with van der Waals surface area (Å²) in [4.78, 5) is 24.7. The molecule has 1 heterocycles. The SMILES string of the molecule is C#CCCN1C(=O)C(=O)c2cc(Cl)ccc21. The van der Waals surface area contributed by atoms with E-state index >= 15 is 0 Å². The molecule has 2 rings (SSSR count). The molecule has 0 bridgehead atoms. The van der Waals surface area contributed by atoms with E-state index in [9.17, 15) is 9.59 Å². The van der Waals surface area contributed by atoms with Gasteiger partial charge in [0.25, 0.3) is 11.7 Å². The monoisotopic (exact) mass is 233 g/mol. The number of carbonyl (C=O) groups excluding carboxylic acids is 2. The van der Waals surface area contributed by atoms with Crippen LogP contribution in [0, 0.1) is 12.3 Å². The Morgan fingerprint density at radius 3 is 2.81 bits per heavy atom. The second-order valence-electron chi connectivity index (χ2n) is 3.40. The summed E-state index contributed by atoms with van der Waals surface area (Å²) in [5.74, 6) is 1.39. The molecule has 0 aromatic heterocycles. The lowest BCUT2D eigenvalue weighted by Gasteiger charge is -2.14. The van der Waals surface area contributed by atoms with Gasteiger partial charge in [-0.25, -0.2) is 0 Å². The number of Topliss-reactive ketones (excluding diaryl/α,β-unsaturated/α-hetero) is 1. The predicted molar refractivity (Wildman–Crippen MR) is 61.6 cm³/mol. The number of nitrogens with zero attached hydrogens (tertiary/aromatic N) is 1. The highest BCUT2D eigenvalue weighted by molar-refractivity contribution is 6.52. The van der Waals surface area contributed by atoms with E-state index in [0.29, 0.717) is 29.2 Å². The predicted octanol–water partition coefficient (Wildman–Crippen LogP) is 1.89. The number of fused-ring (bicyclic) bond motifs is 1. The third-order valence-corrected chi connectivity index (χ3v) is 2.65. The number of rotatable bonds is 2. The second kappa shape index (κ2) is 3.99. The zero-order valence-corrected chi connectivity index (χ0v) is 9.12. The van der Waals surface area contributed by atoms with Crippen LogP contribution >= 0.6 is 11.6 Å². The number of terminal acetylenes is 1. The largest absolute Gasteiger partial charge is 0.304 e. The van der Waals surface area contributed by atoms with E-state index in [-0.39, 0.29) is 0 Å². The zero-order chi connectivity index (χ0) is 11.7. The van der Waals surface area contributed by atoms with Gasteiger partial charge in [0.1, 0.15) is 0 Å². The summed E-state index contributed by atoms with van der Waals surface area (Å²) in [5.41, 5.74) is 0.948. The first kappa shape index (κ1) is 10.7. The molecule has 0 spiro atoms. The minimum Gasteiger partial charge on any atom is -0.304 e. The minimum absolute atomic E-state index is 0.356. The summed E-state index contributed by atoms with van der Waals surface area (Å²) >= 11 is 5.77. The van der Waals surface area contributed by atoms with E-state index in [1.807, 2.05) is 0 Å². The molecule has 0 atom stereocenters. The van der Waals surface area contributed by atoms with Crippen LogP contribution in [0.3, 0.4) is 0 Å². The molecule has 0 unspecified atom stereocenters. The van der Waals surface area contributed by atoms with Crippen LogP contribution in [0.2, 0.25) is 5.02 Å². The average Bonchev–Trinajstić information content (AvgIpc) is 2.50. The maximum absolute atomic E-state index is 11.6. The van der Waals surface area contributed by atoms with Gasteiger partial charge < -0.3 is 4.90 Å². The molecule has 0 radical (unpaired) electrons. The molecule has 3 nitrogen and oxygen atoms in total. The molecule has 1 amide bonds. The van der Waals surface area contributed by atoms with E-state index in [4.69, 9.17) is 18.0 Å². The molecular weight excluding hydrogens is 226 g/mol. The second-order valence-corrected chi connectivity index (χ2v) is 3.84. The van der Waals surface area contributed by atoms with Crippen LogP contribution < -0.4 is 4.90 Å². The summed E-state index contributed by atoms with van der Waals surface area (Å²) < 4.78 is 0. The van der Waals surface area contributed by atoms with Crippen LogP contribution in [-0.2, 0) is 4.79 Å². The van der Waals surface area contributed by atoms with E-state index in [1.54, 1.807) is 12.1 Å². The van der Waals surface area contributed by atoms with Crippen molar-refractivity contribution in [2.24, 2.45) is 0 Å². The molecule has 16 heavy (non-hydrogen) atoms. The Labute approximate surface area is 98.0 Å². The number of anilines is 1.